The molecule has 2 saturated heterocycles. The molecule has 162 valence electrons. The number of fused-ring (bicyclic) bond motifs is 2. The Bertz CT molecular complexity index is 1280. The lowest BCUT2D eigenvalue weighted by Gasteiger charge is -2.34. The lowest BCUT2D eigenvalue weighted by atomic mass is 10.0. The number of imidazole rings is 1. The second-order valence-electron chi connectivity index (χ2n) is 8.76. The molecule has 6 heteroatoms. The number of aromatic nitrogens is 3. The van der Waals surface area contributed by atoms with Gasteiger partial charge in [-0.05, 0) is 62.1 Å². The molecular weight excluding hydrogens is 400 g/mol. The molecule has 6 nitrogen and oxygen atoms in total. The third-order valence-electron chi connectivity index (χ3n) is 6.81. The number of ether oxygens (including phenoxy) is 1. The third kappa shape index (κ3) is 3.35. The summed E-state index contributed by atoms with van der Waals surface area (Å²) in [6.07, 6.45) is 5.80. The van der Waals surface area contributed by atoms with Crippen LogP contribution in [0, 0.1) is 0 Å². The molecule has 0 radical (unpaired) electrons. The highest BCUT2D eigenvalue weighted by atomic mass is 16.5. The minimum atomic E-state index is 0.0771. The van der Waals surface area contributed by atoms with Crippen LogP contribution in [0.1, 0.15) is 54.0 Å². The molecule has 0 bridgehead atoms. The molecule has 2 aromatic carbocycles. The van der Waals surface area contributed by atoms with E-state index in [0.717, 1.165) is 73.2 Å². The third-order valence-corrected chi connectivity index (χ3v) is 6.81. The molecule has 2 aromatic heterocycles. The first-order valence-electron chi connectivity index (χ1n) is 11.5. The minimum absolute atomic E-state index is 0.0771. The predicted octanol–water partition coefficient (Wildman–Crippen LogP) is 4.91. The van der Waals surface area contributed by atoms with E-state index in [0.29, 0.717) is 6.04 Å². The number of pyridine rings is 1. The van der Waals surface area contributed by atoms with Gasteiger partial charge in [0.05, 0.1) is 16.6 Å². The van der Waals surface area contributed by atoms with E-state index in [1.54, 1.807) is 6.20 Å². The van der Waals surface area contributed by atoms with E-state index in [2.05, 4.69) is 27.8 Å². The van der Waals surface area contributed by atoms with Crippen molar-refractivity contribution in [2.24, 2.45) is 0 Å². The molecule has 0 spiro atoms. The SMILES string of the molecule is O=C(c1ccc2ncccc2c1)N1CCC(n2c(C3CCCO3)nc3ccccc32)CC1. The molecule has 32 heavy (non-hydrogen) atoms. The first kappa shape index (κ1) is 19.4. The van der Waals surface area contributed by atoms with Crippen molar-refractivity contribution < 1.29 is 9.53 Å². The Morgan fingerprint density at radius 1 is 0.969 bits per heavy atom. The summed E-state index contributed by atoms with van der Waals surface area (Å²) in [5.41, 5.74) is 3.85. The van der Waals surface area contributed by atoms with Gasteiger partial charge in [-0.25, -0.2) is 4.98 Å². The summed E-state index contributed by atoms with van der Waals surface area (Å²) in [4.78, 5) is 24.5. The maximum atomic E-state index is 13.2. The van der Waals surface area contributed by atoms with E-state index in [-0.39, 0.29) is 12.0 Å². The Balaban J connectivity index is 1.24. The van der Waals surface area contributed by atoms with E-state index in [9.17, 15) is 4.79 Å². The van der Waals surface area contributed by atoms with Crippen molar-refractivity contribution in [3.05, 3.63) is 72.2 Å². The Hall–Kier alpha value is -3.25. The number of hydrogen-bond acceptors (Lipinski definition) is 4. The molecule has 1 amide bonds. The van der Waals surface area contributed by atoms with Crippen LogP contribution in [-0.2, 0) is 4.74 Å². The van der Waals surface area contributed by atoms with Gasteiger partial charge in [-0.1, -0.05) is 18.2 Å². The van der Waals surface area contributed by atoms with Crippen molar-refractivity contribution in [2.45, 2.75) is 37.8 Å². The number of benzene rings is 2. The summed E-state index contributed by atoms with van der Waals surface area (Å²) in [7, 11) is 0. The van der Waals surface area contributed by atoms with Crippen LogP contribution in [0.3, 0.4) is 0 Å². The highest BCUT2D eigenvalue weighted by Crippen LogP contribution is 2.36. The average molecular weight is 427 g/mol. The van der Waals surface area contributed by atoms with E-state index < -0.39 is 0 Å². The summed E-state index contributed by atoms with van der Waals surface area (Å²) in [6.45, 7) is 2.29. The van der Waals surface area contributed by atoms with Gasteiger partial charge < -0.3 is 14.2 Å². The number of carbonyl (C=O) groups is 1. The van der Waals surface area contributed by atoms with E-state index in [1.165, 1.54) is 5.52 Å². The lowest BCUT2D eigenvalue weighted by Crippen LogP contribution is -2.39. The van der Waals surface area contributed by atoms with Crippen LogP contribution in [0.15, 0.2) is 60.8 Å². The first-order chi connectivity index (χ1) is 15.8. The van der Waals surface area contributed by atoms with Crippen LogP contribution in [0.5, 0.6) is 0 Å². The number of para-hydroxylation sites is 2. The summed E-state index contributed by atoms with van der Waals surface area (Å²) in [5.74, 6) is 1.15. The number of rotatable bonds is 3. The summed E-state index contributed by atoms with van der Waals surface area (Å²) in [5, 5.41) is 0.999. The Morgan fingerprint density at radius 2 is 1.84 bits per heavy atom. The Kier molecular flexibility index (Phi) is 4.87. The molecule has 2 aliphatic rings. The molecule has 0 N–H and O–H groups in total. The van der Waals surface area contributed by atoms with Gasteiger partial charge in [0.25, 0.3) is 5.91 Å². The van der Waals surface area contributed by atoms with Crippen molar-refractivity contribution in [3.8, 4) is 0 Å². The van der Waals surface area contributed by atoms with Gasteiger partial charge in [0.15, 0.2) is 0 Å². The van der Waals surface area contributed by atoms with Gasteiger partial charge in [-0.2, -0.15) is 0 Å². The zero-order chi connectivity index (χ0) is 21.5. The van der Waals surface area contributed by atoms with E-state index >= 15 is 0 Å². The molecular formula is C26H26N4O2. The van der Waals surface area contributed by atoms with E-state index in [4.69, 9.17) is 9.72 Å². The normalized spacial score (nSPS) is 19.8. The quantitative estimate of drug-likeness (QED) is 0.467. The van der Waals surface area contributed by atoms with E-state index in [1.807, 2.05) is 41.3 Å². The highest BCUT2D eigenvalue weighted by molar-refractivity contribution is 5.98. The summed E-state index contributed by atoms with van der Waals surface area (Å²) in [6, 6.07) is 18.4. The lowest BCUT2D eigenvalue weighted by molar-refractivity contribution is 0.0682. The topological polar surface area (TPSA) is 60.2 Å². The minimum Gasteiger partial charge on any atom is -0.370 e. The monoisotopic (exact) mass is 426 g/mol. The van der Waals surface area contributed by atoms with Crippen LogP contribution in [-0.4, -0.2) is 45.0 Å². The van der Waals surface area contributed by atoms with Crippen molar-refractivity contribution >= 4 is 27.8 Å². The van der Waals surface area contributed by atoms with Crippen molar-refractivity contribution in [2.75, 3.05) is 19.7 Å². The van der Waals surface area contributed by atoms with Gasteiger partial charge in [0, 0.05) is 42.9 Å². The zero-order valence-electron chi connectivity index (χ0n) is 18.0. The number of likely N-dealkylation sites (tertiary alicyclic amines) is 1. The maximum Gasteiger partial charge on any atom is 0.253 e. The average Bonchev–Trinajstić information content (AvgIpc) is 3.51. The van der Waals surface area contributed by atoms with Crippen LogP contribution < -0.4 is 0 Å². The van der Waals surface area contributed by atoms with Crippen molar-refractivity contribution in [1.29, 1.82) is 0 Å². The number of piperidine rings is 1. The van der Waals surface area contributed by atoms with Crippen molar-refractivity contribution in [1.82, 2.24) is 19.4 Å². The fourth-order valence-electron chi connectivity index (χ4n) is 5.17. The number of amides is 1. The number of carbonyl (C=O) groups excluding carboxylic acids is 1. The second-order valence-corrected chi connectivity index (χ2v) is 8.76. The van der Waals surface area contributed by atoms with Crippen LogP contribution in [0.4, 0.5) is 0 Å². The standard InChI is InChI=1S/C26H26N4O2/c31-26(19-9-10-21-18(17-19)5-3-13-27-21)29-14-11-20(12-15-29)30-23-7-2-1-6-22(23)28-25(30)24-8-4-16-32-24/h1-3,5-7,9-10,13,17,20,24H,4,8,11-12,14-16H2. The number of hydrogen-bond donors (Lipinski definition) is 0. The fourth-order valence-corrected chi connectivity index (χ4v) is 5.17. The summed E-state index contributed by atoms with van der Waals surface area (Å²) < 4.78 is 8.40. The second kappa shape index (κ2) is 8.02. The largest absolute Gasteiger partial charge is 0.370 e. The molecule has 2 aliphatic heterocycles. The van der Waals surface area contributed by atoms with Crippen LogP contribution in [0.25, 0.3) is 21.9 Å². The van der Waals surface area contributed by atoms with Gasteiger partial charge in [0.2, 0.25) is 0 Å². The molecule has 0 aliphatic carbocycles. The van der Waals surface area contributed by atoms with Gasteiger partial charge in [-0.3, -0.25) is 9.78 Å². The number of nitrogens with zero attached hydrogens (tertiary/aromatic N) is 4. The van der Waals surface area contributed by atoms with Gasteiger partial charge in [0.1, 0.15) is 11.9 Å². The van der Waals surface area contributed by atoms with Gasteiger partial charge >= 0.3 is 0 Å². The zero-order valence-corrected chi connectivity index (χ0v) is 18.0. The molecule has 1 atom stereocenters. The smallest absolute Gasteiger partial charge is 0.253 e. The molecule has 2 fully saturated rings. The predicted molar refractivity (Wildman–Crippen MR) is 124 cm³/mol. The molecule has 4 heterocycles. The molecule has 6 rings (SSSR count). The van der Waals surface area contributed by atoms with Crippen LogP contribution in [0.2, 0.25) is 0 Å². The maximum absolute atomic E-state index is 13.2. The van der Waals surface area contributed by atoms with Gasteiger partial charge in [-0.15, -0.1) is 0 Å². The first-order valence-corrected chi connectivity index (χ1v) is 11.5. The summed E-state index contributed by atoms with van der Waals surface area (Å²) >= 11 is 0. The highest BCUT2D eigenvalue weighted by Gasteiger charge is 2.31. The molecule has 1 unspecified atom stereocenters. The Labute approximate surface area is 186 Å². The fraction of sp³-hybridized carbons (Fsp3) is 0.346. The van der Waals surface area contributed by atoms with Crippen molar-refractivity contribution in [3.63, 3.8) is 0 Å². The van der Waals surface area contributed by atoms with Crippen LogP contribution >= 0.6 is 0 Å². The Morgan fingerprint density at radius 3 is 2.69 bits per heavy atom. The molecule has 0 saturated carbocycles. The molecule has 4 aromatic rings.